The molecule has 6 heteroatoms. The van der Waals surface area contributed by atoms with Crippen molar-refractivity contribution in [2.45, 2.75) is 52.6 Å². The zero-order valence-electron chi connectivity index (χ0n) is 18.4. The number of ether oxygens (including phenoxy) is 1. The monoisotopic (exact) mass is 474 g/mol. The number of amides is 2. The first-order valence-corrected chi connectivity index (χ1v) is 11.0. The van der Waals surface area contributed by atoms with Crippen molar-refractivity contribution in [2.75, 3.05) is 13.7 Å². The number of aryl methyl sites for hydroxylation is 1. The lowest BCUT2D eigenvalue weighted by molar-refractivity contribution is -0.142. The Hall–Kier alpha value is -2.34. The van der Waals surface area contributed by atoms with E-state index in [2.05, 4.69) is 35.1 Å². The molecule has 2 rings (SSSR count). The van der Waals surface area contributed by atoms with Gasteiger partial charge >= 0.3 is 0 Å². The lowest BCUT2D eigenvalue weighted by Gasteiger charge is -2.30. The van der Waals surface area contributed by atoms with Crippen molar-refractivity contribution in [1.29, 1.82) is 0 Å². The quantitative estimate of drug-likeness (QED) is 0.566. The fraction of sp³-hybridized carbons (Fsp3) is 0.417. The minimum atomic E-state index is -0.557. The predicted octanol–water partition coefficient (Wildman–Crippen LogP) is 4.81. The normalized spacial score (nSPS) is 11.8. The van der Waals surface area contributed by atoms with E-state index in [0.717, 1.165) is 15.6 Å². The standard InChI is InChI=1S/C24H31BrN2O3/c1-6-21(24(29)26-5)27(14-18-9-7-8-17(4)12-18)23(28)15-30-22-11-10-19(16(2)3)13-20(22)25/h7-13,16,21H,6,14-15H2,1-5H3,(H,26,29)/t21-/m1/s1. The highest BCUT2D eigenvalue weighted by Crippen LogP contribution is 2.29. The molecule has 0 spiro atoms. The molecule has 2 aromatic rings. The average Bonchev–Trinajstić information content (AvgIpc) is 2.72. The number of rotatable bonds is 9. The number of carbonyl (C=O) groups is 2. The minimum absolute atomic E-state index is 0.140. The molecular weight excluding hydrogens is 444 g/mol. The summed E-state index contributed by atoms with van der Waals surface area (Å²) in [4.78, 5) is 27.1. The van der Waals surface area contributed by atoms with E-state index >= 15 is 0 Å². The molecule has 162 valence electrons. The van der Waals surface area contributed by atoms with E-state index in [4.69, 9.17) is 4.74 Å². The van der Waals surface area contributed by atoms with Gasteiger partial charge in [-0.25, -0.2) is 0 Å². The van der Waals surface area contributed by atoms with Gasteiger partial charge in [-0.3, -0.25) is 9.59 Å². The molecule has 30 heavy (non-hydrogen) atoms. The Bertz CT molecular complexity index is 883. The molecule has 0 aliphatic carbocycles. The number of nitrogens with zero attached hydrogens (tertiary/aromatic N) is 1. The second-order valence-electron chi connectivity index (χ2n) is 7.68. The van der Waals surface area contributed by atoms with Crippen LogP contribution >= 0.6 is 15.9 Å². The fourth-order valence-electron chi connectivity index (χ4n) is 3.31. The molecule has 1 N–H and O–H groups in total. The number of hydrogen-bond acceptors (Lipinski definition) is 3. The summed E-state index contributed by atoms with van der Waals surface area (Å²) in [5, 5.41) is 2.67. The molecule has 0 radical (unpaired) electrons. The highest BCUT2D eigenvalue weighted by molar-refractivity contribution is 9.10. The minimum Gasteiger partial charge on any atom is -0.483 e. The topological polar surface area (TPSA) is 58.6 Å². The van der Waals surface area contributed by atoms with Crippen LogP contribution < -0.4 is 10.1 Å². The van der Waals surface area contributed by atoms with Crippen molar-refractivity contribution in [3.63, 3.8) is 0 Å². The molecule has 2 aromatic carbocycles. The molecule has 0 aromatic heterocycles. The zero-order valence-corrected chi connectivity index (χ0v) is 20.0. The van der Waals surface area contributed by atoms with Gasteiger partial charge < -0.3 is 15.0 Å². The van der Waals surface area contributed by atoms with Gasteiger partial charge in [0.05, 0.1) is 4.47 Å². The van der Waals surface area contributed by atoms with E-state index in [1.165, 1.54) is 5.56 Å². The Morgan fingerprint density at radius 2 is 1.90 bits per heavy atom. The van der Waals surface area contributed by atoms with Crippen molar-refractivity contribution in [3.05, 3.63) is 63.6 Å². The summed E-state index contributed by atoms with van der Waals surface area (Å²) in [6, 6.07) is 13.3. The van der Waals surface area contributed by atoms with Crippen molar-refractivity contribution in [3.8, 4) is 5.75 Å². The maximum absolute atomic E-state index is 13.1. The van der Waals surface area contributed by atoms with Gasteiger partial charge in [0, 0.05) is 13.6 Å². The molecular formula is C24H31BrN2O3. The van der Waals surface area contributed by atoms with Crippen LogP contribution in [0.3, 0.4) is 0 Å². The highest BCUT2D eigenvalue weighted by atomic mass is 79.9. The van der Waals surface area contributed by atoms with Gasteiger partial charge in [-0.2, -0.15) is 0 Å². The largest absolute Gasteiger partial charge is 0.483 e. The first-order chi connectivity index (χ1) is 14.3. The zero-order chi connectivity index (χ0) is 22.3. The van der Waals surface area contributed by atoms with Crippen LogP contribution in [0.5, 0.6) is 5.75 Å². The van der Waals surface area contributed by atoms with Crippen LogP contribution in [0.1, 0.15) is 49.8 Å². The van der Waals surface area contributed by atoms with Gasteiger partial charge in [0.1, 0.15) is 11.8 Å². The summed E-state index contributed by atoms with van der Waals surface area (Å²) in [5.74, 6) is 0.601. The highest BCUT2D eigenvalue weighted by Gasteiger charge is 2.28. The first-order valence-electron chi connectivity index (χ1n) is 10.3. The molecule has 1 atom stereocenters. The Labute approximate surface area is 187 Å². The second-order valence-corrected chi connectivity index (χ2v) is 8.54. The van der Waals surface area contributed by atoms with E-state index < -0.39 is 6.04 Å². The number of likely N-dealkylation sites (N-methyl/N-ethyl adjacent to an activating group) is 1. The smallest absolute Gasteiger partial charge is 0.261 e. The summed E-state index contributed by atoms with van der Waals surface area (Å²) in [7, 11) is 1.59. The van der Waals surface area contributed by atoms with Crippen molar-refractivity contribution >= 4 is 27.7 Å². The number of hydrogen-bond donors (Lipinski definition) is 1. The van der Waals surface area contributed by atoms with E-state index in [1.807, 2.05) is 56.3 Å². The Kier molecular flexibility index (Phi) is 8.90. The molecule has 0 heterocycles. The van der Waals surface area contributed by atoms with Gasteiger partial charge in [0.25, 0.3) is 5.91 Å². The summed E-state index contributed by atoms with van der Waals surface area (Å²) >= 11 is 3.53. The molecule has 0 saturated heterocycles. The first kappa shape index (κ1) is 23.9. The number of nitrogens with one attached hydrogen (secondary N) is 1. The Morgan fingerprint density at radius 1 is 1.17 bits per heavy atom. The number of carbonyl (C=O) groups excluding carboxylic acids is 2. The van der Waals surface area contributed by atoms with Crippen LogP contribution in [0, 0.1) is 6.92 Å². The average molecular weight is 475 g/mol. The van der Waals surface area contributed by atoms with Crippen LogP contribution in [0.15, 0.2) is 46.9 Å². The predicted molar refractivity (Wildman–Crippen MR) is 124 cm³/mol. The van der Waals surface area contributed by atoms with E-state index in [0.29, 0.717) is 24.6 Å². The lowest BCUT2D eigenvalue weighted by atomic mass is 10.0. The maximum Gasteiger partial charge on any atom is 0.261 e. The SMILES string of the molecule is CC[C@H](C(=O)NC)N(Cc1cccc(C)c1)C(=O)COc1ccc(C(C)C)cc1Br. The fourth-order valence-corrected chi connectivity index (χ4v) is 3.82. The van der Waals surface area contributed by atoms with Crippen LogP contribution in [0.4, 0.5) is 0 Å². The Balaban J connectivity index is 2.20. The molecule has 0 aliphatic rings. The summed E-state index contributed by atoms with van der Waals surface area (Å²) in [6.45, 7) is 8.37. The van der Waals surface area contributed by atoms with E-state index in [1.54, 1.807) is 11.9 Å². The van der Waals surface area contributed by atoms with Gasteiger partial charge in [-0.1, -0.05) is 56.7 Å². The van der Waals surface area contributed by atoms with Crippen molar-refractivity contribution in [2.24, 2.45) is 0 Å². The molecule has 0 fully saturated rings. The van der Waals surface area contributed by atoms with Gasteiger partial charge in [0.2, 0.25) is 5.91 Å². The van der Waals surface area contributed by atoms with E-state index in [9.17, 15) is 9.59 Å². The summed E-state index contributed by atoms with van der Waals surface area (Å²) < 4.78 is 6.62. The molecule has 2 amide bonds. The van der Waals surface area contributed by atoms with Gasteiger partial charge in [-0.15, -0.1) is 0 Å². The molecule has 5 nitrogen and oxygen atoms in total. The van der Waals surface area contributed by atoms with Crippen LogP contribution in [-0.2, 0) is 16.1 Å². The van der Waals surface area contributed by atoms with Crippen LogP contribution in [-0.4, -0.2) is 36.4 Å². The van der Waals surface area contributed by atoms with Crippen molar-refractivity contribution in [1.82, 2.24) is 10.2 Å². The third-order valence-corrected chi connectivity index (χ3v) is 5.66. The van der Waals surface area contributed by atoms with E-state index in [-0.39, 0.29) is 18.4 Å². The summed E-state index contributed by atoms with van der Waals surface area (Å²) in [5.41, 5.74) is 3.28. The van der Waals surface area contributed by atoms with Gasteiger partial charge in [-0.05, 0) is 58.5 Å². The number of benzene rings is 2. The third kappa shape index (κ3) is 6.33. The Morgan fingerprint density at radius 3 is 2.47 bits per heavy atom. The molecule has 0 unspecified atom stereocenters. The molecule has 0 bridgehead atoms. The molecule has 0 aliphatic heterocycles. The van der Waals surface area contributed by atoms with Gasteiger partial charge in [0.15, 0.2) is 6.61 Å². The van der Waals surface area contributed by atoms with Crippen LogP contribution in [0.25, 0.3) is 0 Å². The van der Waals surface area contributed by atoms with Crippen molar-refractivity contribution < 1.29 is 14.3 Å². The maximum atomic E-state index is 13.1. The molecule has 0 saturated carbocycles. The van der Waals surface area contributed by atoms with Crippen LogP contribution in [0.2, 0.25) is 0 Å². The number of halogens is 1. The summed E-state index contributed by atoms with van der Waals surface area (Å²) in [6.07, 6.45) is 0.518. The third-order valence-electron chi connectivity index (χ3n) is 5.04. The lowest BCUT2D eigenvalue weighted by Crippen LogP contribution is -2.49. The second kappa shape index (κ2) is 11.2.